The molecule has 2 unspecified atom stereocenters. The van der Waals surface area contributed by atoms with Crippen LogP contribution < -0.4 is 5.32 Å². The molecule has 0 aromatic carbocycles. The average Bonchev–Trinajstić information content (AvgIpc) is 2.67. The zero-order chi connectivity index (χ0) is 16.9. The normalized spacial score (nSPS) is 24.7. The summed E-state index contributed by atoms with van der Waals surface area (Å²) in [6.07, 6.45) is 5.88. The average molecular weight is 330 g/mol. The lowest BCUT2D eigenvalue weighted by molar-refractivity contribution is -0.143. The van der Waals surface area contributed by atoms with E-state index in [-0.39, 0.29) is 23.8 Å². The fraction of sp³-hybridized carbons (Fsp3) is 0.611. The maximum absolute atomic E-state index is 13.1. The molecular formula is C18H26N4O2. The Kier molecular flexibility index (Phi) is 5.45. The molecular weight excluding hydrogens is 304 g/mol. The highest BCUT2D eigenvalue weighted by atomic mass is 16.2. The van der Waals surface area contributed by atoms with Crippen LogP contribution in [0.3, 0.4) is 0 Å². The molecule has 2 atom stereocenters. The zero-order valence-corrected chi connectivity index (χ0v) is 14.3. The topological polar surface area (TPSA) is 65.5 Å². The number of nitrogens with zero attached hydrogens (tertiary/aromatic N) is 3. The molecule has 0 radical (unpaired) electrons. The summed E-state index contributed by atoms with van der Waals surface area (Å²) in [6.45, 7) is 5.49. The number of amides is 2. The molecule has 0 spiro atoms. The van der Waals surface area contributed by atoms with Crippen molar-refractivity contribution in [2.45, 2.75) is 32.2 Å². The molecule has 24 heavy (non-hydrogen) atoms. The van der Waals surface area contributed by atoms with E-state index in [0.29, 0.717) is 19.5 Å². The van der Waals surface area contributed by atoms with Crippen LogP contribution in [-0.2, 0) is 9.59 Å². The van der Waals surface area contributed by atoms with Gasteiger partial charge in [-0.1, -0.05) is 13.0 Å². The molecule has 1 aromatic heterocycles. The number of hydrogen-bond acceptors (Lipinski definition) is 4. The monoisotopic (exact) mass is 330 g/mol. The first-order valence-electron chi connectivity index (χ1n) is 8.89. The van der Waals surface area contributed by atoms with Gasteiger partial charge in [0, 0.05) is 51.5 Å². The van der Waals surface area contributed by atoms with Gasteiger partial charge >= 0.3 is 0 Å². The Morgan fingerprint density at radius 2 is 2.25 bits per heavy atom. The van der Waals surface area contributed by atoms with Crippen molar-refractivity contribution in [2.75, 3.05) is 32.7 Å². The minimum atomic E-state index is -0.0773. The second-order valence-corrected chi connectivity index (χ2v) is 6.57. The van der Waals surface area contributed by atoms with Gasteiger partial charge in [0.15, 0.2) is 0 Å². The summed E-state index contributed by atoms with van der Waals surface area (Å²) in [5.41, 5.74) is 1.07. The Labute approximate surface area is 143 Å². The number of piperidine rings is 1. The highest BCUT2D eigenvalue weighted by Gasteiger charge is 2.35. The van der Waals surface area contributed by atoms with Gasteiger partial charge in [-0.15, -0.1) is 0 Å². The van der Waals surface area contributed by atoms with Crippen molar-refractivity contribution in [3.8, 4) is 0 Å². The number of pyridine rings is 1. The molecule has 0 bridgehead atoms. The summed E-state index contributed by atoms with van der Waals surface area (Å²) < 4.78 is 0. The van der Waals surface area contributed by atoms with Crippen molar-refractivity contribution >= 4 is 11.8 Å². The summed E-state index contributed by atoms with van der Waals surface area (Å²) in [5.74, 6) is 0.252. The zero-order valence-electron chi connectivity index (χ0n) is 14.3. The van der Waals surface area contributed by atoms with Crippen LogP contribution in [0.4, 0.5) is 0 Å². The summed E-state index contributed by atoms with van der Waals surface area (Å²) in [5, 5.41) is 3.37. The molecule has 2 saturated heterocycles. The first-order chi connectivity index (χ1) is 11.7. The smallest absolute Gasteiger partial charge is 0.228 e. The van der Waals surface area contributed by atoms with E-state index in [0.717, 1.165) is 38.0 Å². The van der Waals surface area contributed by atoms with Gasteiger partial charge in [-0.2, -0.15) is 0 Å². The molecule has 2 amide bonds. The van der Waals surface area contributed by atoms with E-state index in [1.165, 1.54) is 0 Å². The van der Waals surface area contributed by atoms with Gasteiger partial charge in [-0.05, 0) is 24.5 Å². The van der Waals surface area contributed by atoms with Crippen molar-refractivity contribution in [2.24, 2.45) is 5.92 Å². The van der Waals surface area contributed by atoms with Crippen molar-refractivity contribution < 1.29 is 9.59 Å². The van der Waals surface area contributed by atoms with Gasteiger partial charge in [0.25, 0.3) is 0 Å². The molecule has 3 heterocycles. The van der Waals surface area contributed by atoms with E-state index in [1.54, 1.807) is 6.20 Å². The third kappa shape index (κ3) is 3.59. The second-order valence-electron chi connectivity index (χ2n) is 6.57. The van der Waals surface area contributed by atoms with E-state index in [1.807, 2.05) is 35.1 Å². The number of carbonyl (C=O) groups excluding carboxylic acids is 2. The molecule has 2 aliphatic heterocycles. The molecule has 3 rings (SSSR count). The summed E-state index contributed by atoms with van der Waals surface area (Å²) in [7, 11) is 0. The molecule has 6 nitrogen and oxygen atoms in total. The quantitative estimate of drug-likeness (QED) is 0.904. The lowest BCUT2D eigenvalue weighted by Gasteiger charge is -2.40. The van der Waals surface area contributed by atoms with Crippen LogP contribution in [0.25, 0.3) is 0 Å². The first kappa shape index (κ1) is 16.9. The number of likely N-dealkylation sites (tertiary alicyclic amines) is 1. The van der Waals surface area contributed by atoms with Crippen LogP contribution in [0.1, 0.15) is 37.8 Å². The van der Waals surface area contributed by atoms with Crippen LogP contribution in [0.15, 0.2) is 24.5 Å². The molecule has 0 aliphatic carbocycles. The highest BCUT2D eigenvalue weighted by Crippen LogP contribution is 2.27. The van der Waals surface area contributed by atoms with Crippen LogP contribution in [0.2, 0.25) is 0 Å². The van der Waals surface area contributed by atoms with Crippen LogP contribution >= 0.6 is 0 Å². The Morgan fingerprint density at radius 1 is 1.38 bits per heavy atom. The number of rotatable bonds is 3. The summed E-state index contributed by atoms with van der Waals surface area (Å²) in [6, 6.07) is 3.96. The van der Waals surface area contributed by atoms with Gasteiger partial charge in [-0.25, -0.2) is 0 Å². The number of nitrogens with one attached hydrogen (secondary N) is 1. The Balaban J connectivity index is 1.73. The lowest BCUT2D eigenvalue weighted by atomic mass is 9.94. The largest absolute Gasteiger partial charge is 0.342 e. The highest BCUT2D eigenvalue weighted by molar-refractivity contribution is 5.82. The molecule has 1 aromatic rings. The number of carbonyl (C=O) groups is 2. The van der Waals surface area contributed by atoms with Gasteiger partial charge in [0.05, 0.1) is 12.0 Å². The van der Waals surface area contributed by atoms with Gasteiger partial charge < -0.3 is 15.1 Å². The first-order valence-corrected chi connectivity index (χ1v) is 8.89. The molecule has 2 fully saturated rings. The molecule has 0 saturated carbocycles. The van der Waals surface area contributed by atoms with Crippen molar-refractivity contribution in [3.63, 3.8) is 0 Å². The predicted octanol–water partition coefficient (Wildman–Crippen LogP) is 1.20. The predicted molar refractivity (Wildman–Crippen MR) is 91.2 cm³/mol. The minimum Gasteiger partial charge on any atom is -0.342 e. The van der Waals surface area contributed by atoms with Gasteiger partial charge in [0.2, 0.25) is 11.8 Å². The molecule has 1 N–H and O–H groups in total. The maximum atomic E-state index is 13.1. The second kappa shape index (κ2) is 7.75. The Hall–Kier alpha value is -1.95. The maximum Gasteiger partial charge on any atom is 0.228 e. The Bertz CT molecular complexity index is 578. The summed E-state index contributed by atoms with van der Waals surface area (Å²) >= 11 is 0. The standard InChI is InChI=1S/C18H26N4O2/c1-2-17(23)21-9-4-6-15(13-21)18(24)22-10-8-20-12-16(22)14-5-3-7-19-11-14/h3,5,7,11,15-16,20H,2,4,6,8-10,12-13H2,1H3. The third-order valence-corrected chi connectivity index (χ3v) is 5.02. The SMILES string of the molecule is CCC(=O)N1CCCC(C(=O)N2CCNCC2c2cccnc2)C1. The number of piperazine rings is 1. The van der Waals surface area contributed by atoms with E-state index in [9.17, 15) is 9.59 Å². The van der Waals surface area contributed by atoms with Crippen molar-refractivity contribution in [1.29, 1.82) is 0 Å². The van der Waals surface area contributed by atoms with Gasteiger partial charge in [0.1, 0.15) is 0 Å². The fourth-order valence-electron chi connectivity index (χ4n) is 3.70. The van der Waals surface area contributed by atoms with Crippen molar-refractivity contribution in [1.82, 2.24) is 20.1 Å². The number of hydrogen-bond donors (Lipinski definition) is 1. The minimum absolute atomic E-state index is 0.0252. The third-order valence-electron chi connectivity index (χ3n) is 5.02. The molecule has 2 aliphatic rings. The Morgan fingerprint density at radius 3 is 3.00 bits per heavy atom. The fourth-order valence-corrected chi connectivity index (χ4v) is 3.70. The van der Waals surface area contributed by atoms with E-state index < -0.39 is 0 Å². The molecule has 130 valence electrons. The van der Waals surface area contributed by atoms with Crippen LogP contribution in [0.5, 0.6) is 0 Å². The van der Waals surface area contributed by atoms with E-state index in [4.69, 9.17) is 0 Å². The van der Waals surface area contributed by atoms with Crippen LogP contribution in [0, 0.1) is 5.92 Å². The van der Waals surface area contributed by atoms with Crippen molar-refractivity contribution in [3.05, 3.63) is 30.1 Å². The summed E-state index contributed by atoms with van der Waals surface area (Å²) in [4.78, 5) is 33.1. The number of aromatic nitrogens is 1. The van der Waals surface area contributed by atoms with E-state index >= 15 is 0 Å². The molecule has 6 heteroatoms. The van der Waals surface area contributed by atoms with E-state index in [2.05, 4.69) is 10.3 Å². The lowest BCUT2D eigenvalue weighted by Crippen LogP contribution is -2.53. The van der Waals surface area contributed by atoms with Crippen LogP contribution in [-0.4, -0.2) is 59.3 Å². The van der Waals surface area contributed by atoms with Gasteiger partial charge in [-0.3, -0.25) is 14.6 Å².